The molecular formula is C15H16N2O4. The van der Waals surface area contributed by atoms with Crippen LogP contribution in [-0.4, -0.2) is 23.5 Å². The van der Waals surface area contributed by atoms with Gasteiger partial charge in [0, 0.05) is 17.8 Å². The molecule has 2 amide bonds. The number of hydrogen-bond acceptors (Lipinski definition) is 4. The Hall–Kier alpha value is -2.60. The van der Waals surface area contributed by atoms with Crippen LogP contribution < -0.4 is 10.6 Å². The molecule has 110 valence electrons. The predicted octanol–water partition coefficient (Wildman–Crippen LogP) is 1.46. The number of hydrogen-bond donors (Lipinski definition) is 3. The lowest BCUT2D eigenvalue weighted by atomic mass is 10.1. The van der Waals surface area contributed by atoms with E-state index in [0.717, 1.165) is 0 Å². The molecular weight excluding hydrogens is 272 g/mol. The van der Waals surface area contributed by atoms with Gasteiger partial charge in [-0.1, -0.05) is 18.2 Å². The Morgan fingerprint density at radius 3 is 2.57 bits per heavy atom. The summed E-state index contributed by atoms with van der Waals surface area (Å²) in [5.41, 5.74) is 1.19. The molecule has 1 unspecified atom stereocenters. The van der Waals surface area contributed by atoms with Gasteiger partial charge < -0.3 is 20.2 Å². The molecule has 1 aromatic carbocycles. The number of benzene rings is 1. The third-order valence-corrected chi connectivity index (χ3v) is 2.87. The van der Waals surface area contributed by atoms with Crippen molar-refractivity contribution in [1.82, 2.24) is 5.32 Å². The van der Waals surface area contributed by atoms with Crippen LogP contribution in [0.3, 0.4) is 0 Å². The average molecular weight is 288 g/mol. The highest BCUT2D eigenvalue weighted by molar-refractivity contribution is 6.39. The number of aliphatic hydroxyl groups excluding tert-OH is 1. The normalized spacial score (nSPS) is 11.7. The van der Waals surface area contributed by atoms with Crippen LogP contribution in [0.5, 0.6) is 0 Å². The zero-order valence-electron chi connectivity index (χ0n) is 11.3. The van der Waals surface area contributed by atoms with Crippen LogP contribution in [0.15, 0.2) is 53.3 Å². The van der Waals surface area contributed by atoms with Crippen LogP contribution in [0.4, 0.5) is 5.69 Å². The largest absolute Gasteiger partial charge is 0.472 e. The van der Waals surface area contributed by atoms with E-state index in [4.69, 9.17) is 4.42 Å². The molecule has 1 heterocycles. The Labute approximate surface area is 121 Å². The average Bonchev–Trinajstić information content (AvgIpc) is 3.02. The van der Waals surface area contributed by atoms with Crippen LogP contribution in [0.1, 0.15) is 18.1 Å². The zero-order valence-corrected chi connectivity index (χ0v) is 11.3. The fourth-order valence-electron chi connectivity index (χ4n) is 1.74. The van der Waals surface area contributed by atoms with Crippen molar-refractivity contribution in [3.63, 3.8) is 0 Å². The fraction of sp³-hybridized carbons (Fsp3) is 0.200. The van der Waals surface area contributed by atoms with E-state index in [1.54, 1.807) is 30.3 Å². The Kier molecular flexibility index (Phi) is 5.11. The third kappa shape index (κ3) is 4.47. The number of amides is 2. The van der Waals surface area contributed by atoms with Gasteiger partial charge in [-0.3, -0.25) is 9.59 Å². The van der Waals surface area contributed by atoms with Crippen molar-refractivity contribution in [1.29, 1.82) is 0 Å². The van der Waals surface area contributed by atoms with Crippen LogP contribution in [0.2, 0.25) is 0 Å². The van der Waals surface area contributed by atoms with Gasteiger partial charge in [0.05, 0.1) is 18.6 Å². The highest BCUT2D eigenvalue weighted by Gasteiger charge is 2.14. The minimum atomic E-state index is -0.738. The van der Waals surface area contributed by atoms with Crippen molar-refractivity contribution in [2.24, 2.45) is 0 Å². The quantitative estimate of drug-likeness (QED) is 0.726. The number of para-hydroxylation sites is 1. The van der Waals surface area contributed by atoms with Gasteiger partial charge in [-0.25, -0.2) is 0 Å². The van der Waals surface area contributed by atoms with Crippen molar-refractivity contribution in [2.75, 3.05) is 11.9 Å². The summed E-state index contributed by atoms with van der Waals surface area (Å²) < 4.78 is 4.86. The molecule has 0 saturated heterocycles. The second kappa shape index (κ2) is 7.25. The lowest BCUT2D eigenvalue weighted by Gasteiger charge is -2.09. The topological polar surface area (TPSA) is 91.6 Å². The first-order valence-corrected chi connectivity index (χ1v) is 6.51. The molecule has 1 atom stereocenters. The second-order valence-corrected chi connectivity index (χ2v) is 4.44. The number of carbonyl (C=O) groups is 2. The molecule has 0 aliphatic heterocycles. The molecule has 6 nitrogen and oxygen atoms in total. The number of anilines is 1. The molecule has 0 aliphatic rings. The van der Waals surface area contributed by atoms with Gasteiger partial charge in [0.25, 0.3) is 0 Å². The molecule has 0 fully saturated rings. The zero-order chi connectivity index (χ0) is 15.1. The maximum atomic E-state index is 11.6. The van der Waals surface area contributed by atoms with Crippen molar-refractivity contribution in [2.45, 2.75) is 12.5 Å². The summed E-state index contributed by atoms with van der Waals surface area (Å²) >= 11 is 0. The molecule has 21 heavy (non-hydrogen) atoms. The van der Waals surface area contributed by atoms with E-state index >= 15 is 0 Å². The molecule has 0 saturated carbocycles. The lowest BCUT2D eigenvalue weighted by molar-refractivity contribution is -0.136. The van der Waals surface area contributed by atoms with Gasteiger partial charge >= 0.3 is 11.8 Å². The van der Waals surface area contributed by atoms with E-state index in [2.05, 4.69) is 10.6 Å². The second-order valence-electron chi connectivity index (χ2n) is 4.44. The summed E-state index contributed by atoms with van der Waals surface area (Å²) in [6, 6.07) is 10.4. The van der Waals surface area contributed by atoms with Gasteiger partial charge in [-0.2, -0.15) is 0 Å². The number of carbonyl (C=O) groups excluding carboxylic acids is 2. The number of rotatable bonds is 5. The van der Waals surface area contributed by atoms with Crippen LogP contribution in [-0.2, 0) is 9.59 Å². The molecule has 0 aliphatic carbocycles. The van der Waals surface area contributed by atoms with Crippen molar-refractivity contribution < 1.29 is 19.1 Å². The van der Waals surface area contributed by atoms with Crippen molar-refractivity contribution in [3.05, 3.63) is 54.5 Å². The SMILES string of the molecule is O=C(NCCC(O)c1ccoc1)C(=O)Nc1ccccc1. The number of nitrogens with one attached hydrogen (secondary N) is 2. The number of furan rings is 1. The monoisotopic (exact) mass is 288 g/mol. The van der Waals surface area contributed by atoms with Gasteiger partial charge in [-0.05, 0) is 24.6 Å². The fourth-order valence-corrected chi connectivity index (χ4v) is 1.74. The highest BCUT2D eigenvalue weighted by Crippen LogP contribution is 2.15. The summed E-state index contributed by atoms with van der Waals surface area (Å²) in [5, 5.41) is 14.7. The van der Waals surface area contributed by atoms with Gasteiger partial charge in [0.15, 0.2) is 0 Å². The van der Waals surface area contributed by atoms with Crippen LogP contribution >= 0.6 is 0 Å². The van der Waals surface area contributed by atoms with Gasteiger partial charge in [-0.15, -0.1) is 0 Å². The summed E-state index contributed by atoms with van der Waals surface area (Å²) in [7, 11) is 0. The van der Waals surface area contributed by atoms with E-state index in [1.807, 2.05) is 6.07 Å². The Morgan fingerprint density at radius 2 is 1.90 bits per heavy atom. The van der Waals surface area contributed by atoms with Crippen LogP contribution in [0, 0.1) is 0 Å². The minimum absolute atomic E-state index is 0.188. The van der Waals surface area contributed by atoms with Crippen molar-refractivity contribution in [3.8, 4) is 0 Å². The number of aliphatic hydroxyl groups is 1. The standard InChI is InChI=1S/C15H16N2O4/c18-13(11-7-9-21-10-11)6-8-16-14(19)15(20)17-12-4-2-1-3-5-12/h1-5,7,9-10,13,18H,6,8H2,(H,16,19)(H,17,20). The first kappa shape index (κ1) is 14.8. The predicted molar refractivity (Wildman–Crippen MR) is 76.4 cm³/mol. The maximum absolute atomic E-state index is 11.6. The minimum Gasteiger partial charge on any atom is -0.472 e. The first-order chi connectivity index (χ1) is 10.2. The summed E-state index contributed by atoms with van der Waals surface area (Å²) in [6.07, 6.45) is 2.46. The van der Waals surface area contributed by atoms with Gasteiger partial charge in [0.1, 0.15) is 0 Å². The van der Waals surface area contributed by atoms with E-state index in [-0.39, 0.29) is 6.54 Å². The Bertz CT molecular complexity index is 581. The third-order valence-electron chi connectivity index (χ3n) is 2.87. The summed E-state index contributed by atoms with van der Waals surface area (Å²) in [4.78, 5) is 23.2. The van der Waals surface area contributed by atoms with E-state index in [0.29, 0.717) is 17.7 Å². The van der Waals surface area contributed by atoms with E-state index < -0.39 is 17.9 Å². The molecule has 0 spiro atoms. The van der Waals surface area contributed by atoms with Crippen LogP contribution in [0.25, 0.3) is 0 Å². The Morgan fingerprint density at radius 1 is 1.14 bits per heavy atom. The molecule has 3 N–H and O–H groups in total. The molecule has 1 aromatic heterocycles. The highest BCUT2D eigenvalue weighted by atomic mass is 16.3. The molecule has 2 rings (SSSR count). The smallest absolute Gasteiger partial charge is 0.313 e. The molecule has 6 heteroatoms. The molecule has 0 bridgehead atoms. The lowest BCUT2D eigenvalue weighted by Crippen LogP contribution is -2.36. The maximum Gasteiger partial charge on any atom is 0.313 e. The summed E-state index contributed by atoms with van der Waals surface area (Å²) in [6.45, 7) is 0.188. The summed E-state index contributed by atoms with van der Waals surface area (Å²) in [5.74, 6) is -1.47. The van der Waals surface area contributed by atoms with Gasteiger partial charge in [0.2, 0.25) is 0 Å². The van der Waals surface area contributed by atoms with E-state index in [1.165, 1.54) is 12.5 Å². The molecule has 0 radical (unpaired) electrons. The Balaban J connectivity index is 1.73. The van der Waals surface area contributed by atoms with E-state index in [9.17, 15) is 14.7 Å². The first-order valence-electron chi connectivity index (χ1n) is 6.51. The molecule has 2 aromatic rings. The van der Waals surface area contributed by atoms with Crippen molar-refractivity contribution >= 4 is 17.5 Å².